The first-order chi connectivity index (χ1) is 21.9. The van der Waals surface area contributed by atoms with Gasteiger partial charge in [-0.3, -0.25) is 10.2 Å². The zero-order valence-electron chi connectivity index (χ0n) is 24.3. The van der Waals surface area contributed by atoms with Crippen molar-refractivity contribution in [3.63, 3.8) is 0 Å². The Balaban J connectivity index is 1.50. The molecule has 0 spiro atoms. The highest BCUT2D eigenvalue weighted by Crippen LogP contribution is 2.45. The number of aliphatic hydroxyl groups excluding tert-OH is 1. The van der Waals surface area contributed by atoms with Crippen molar-refractivity contribution in [2.45, 2.75) is 31.0 Å². The van der Waals surface area contributed by atoms with Crippen molar-refractivity contribution in [1.82, 2.24) is 10.9 Å². The lowest BCUT2D eigenvalue weighted by molar-refractivity contribution is -0.130. The molecule has 1 aliphatic heterocycles. The van der Waals surface area contributed by atoms with Crippen LogP contribution in [-0.4, -0.2) is 35.7 Å². The molecule has 7 nitrogen and oxygen atoms in total. The van der Waals surface area contributed by atoms with Crippen LogP contribution in [0.1, 0.15) is 41.2 Å². The third kappa shape index (κ3) is 7.83. The number of nitrogens with one attached hydrogen (secondary N) is 2. The van der Waals surface area contributed by atoms with Gasteiger partial charge >= 0.3 is 0 Å². The minimum Gasteiger partial charge on any atom is -0.494 e. The van der Waals surface area contributed by atoms with Crippen LogP contribution in [0.5, 0.6) is 5.75 Å². The van der Waals surface area contributed by atoms with Crippen molar-refractivity contribution < 1.29 is 28.2 Å². The third-order valence-electron chi connectivity index (χ3n) is 7.25. The summed E-state index contributed by atoms with van der Waals surface area (Å²) in [5.74, 6) is -0.817. The molecule has 1 heterocycles. The second-order valence-corrected chi connectivity index (χ2v) is 11.2. The van der Waals surface area contributed by atoms with Gasteiger partial charge in [-0.1, -0.05) is 76.6 Å². The number of ether oxygens (including phenoxy) is 2. The Morgan fingerprint density at radius 1 is 1.02 bits per heavy atom. The van der Waals surface area contributed by atoms with Crippen molar-refractivity contribution >= 4 is 33.8 Å². The molecule has 0 aliphatic carbocycles. The molecule has 10 heteroatoms. The van der Waals surface area contributed by atoms with E-state index in [2.05, 4.69) is 26.8 Å². The molecule has 0 bridgehead atoms. The average Bonchev–Trinajstić information content (AvgIpc) is 3.44. The molecule has 4 aromatic carbocycles. The van der Waals surface area contributed by atoms with Gasteiger partial charge in [0.2, 0.25) is 5.90 Å². The molecule has 1 amide bonds. The van der Waals surface area contributed by atoms with Crippen LogP contribution in [0, 0.1) is 11.6 Å². The van der Waals surface area contributed by atoms with Crippen LogP contribution in [0.2, 0.25) is 0 Å². The fourth-order valence-corrected chi connectivity index (χ4v) is 5.42. The number of hydrazine groups is 1. The molecule has 2 atom stereocenters. The fraction of sp³-hybridized carbons (Fsp3) is 0.200. The molecule has 0 saturated carbocycles. The van der Waals surface area contributed by atoms with Gasteiger partial charge < -0.3 is 14.6 Å². The number of amides is 1. The van der Waals surface area contributed by atoms with E-state index in [4.69, 9.17) is 19.6 Å². The number of hydrogen-bond donors (Lipinski definition) is 3. The normalized spacial score (nSPS) is 17.6. The topological polar surface area (TPSA) is 92.2 Å². The second-order valence-electron chi connectivity index (χ2n) is 10.4. The van der Waals surface area contributed by atoms with Gasteiger partial charge in [-0.2, -0.15) is 0 Å². The number of carbonyl (C=O) groups excluding carboxylic acids is 1. The van der Waals surface area contributed by atoms with Gasteiger partial charge in [0.1, 0.15) is 17.4 Å². The van der Waals surface area contributed by atoms with Crippen molar-refractivity contribution in [3.8, 4) is 5.75 Å². The first kappa shape index (κ1) is 32.0. The maximum Gasteiger partial charge on any atom is 0.266 e. The lowest BCUT2D eigenvalue weighted by Crippen LogP contribution is -2.52. The number of rotatable bonds is 13. The number of benzene rings is 4. The quantitative estimate of drug-likeness (QED) is 0.109. The molecular formula is C35H32BrF2N3O4. The van der Waals surface area contributed by atoms with Gasteiger partial charge in [0.25, 0.3) is 5.91 Å². The highest BCUT2D eigenvalue weighted by Gasteiger charge is 2.53. The van der Waals surface area contributed by atoms with E-state index in [0.29, 0.717) is 29.9 Å². The van der Waals surface area contributed by atoms with E-state index in [1.165, 1.54) is 0 Å². The predicted molar refractivity (Wildman–Crippen MR) is 172 cm³/mol. The van der Waals surface area contributed by atoms with Crippen LogP contribution in [0.15, 0.2) is 113 Å². The predicted octanol–water partition coefficient (Wildman–Crippen LogP) is 6.67. The fourth-order valence-electron chi connectivity index (χ4n) is 4.93. The summed E-state index contributed by atoms with van der Waals surface area (Å²) in [6.07, 6.45) is 3.60. The Bertz CT molecular complexity index is 1670. The summed E-state index contributed by atoms with van der Waals surface area (Å²) in [7, 11) is 0. The molecule has 1 aliphatic rings. The summed E-state index contributed by atoms with van der Waals surface area (Å²) in [6, 6.07) is 27.4. The molecule has 45 heavy (non-hydrogen) atoms. The number of carbonyl (C=O) groups is 1. The van der Waals surface area contributed by atoms with Crippen molar-refractivity contribution in [3.05, 3.63) is 141 Å². The van der Waals surface area contributed by atoms with Crippen LogP contribution >= 0.6 is 15.9 Å². The van der Waals surface area contributed by atoms with E-state index >= 15 is 0 Å². The zero-order chi connectivity index (χ0) is 31.6. The molecule has 0 aromatic heterocycles. The number of aliphatic hydroxyl groups is 1. The molecule has 0 fully saturated rings. The average molecular weight is 677 g/mol. The molecule has 232 valence electrons. The number of halogens is 3. The molecule has 3 N–H and O–H groups in total. The van der Waals surface area contributed by atoms with E-state index in [1.54, 1.807) is 24.3 Å². The highest BCUT2D eigenvalue weighted by molar-refractivity contribution is 9.10. The van der Waals surface area contributed by atoms with Crippen LogP contribution in [-0.2, 0) is 16.1 Å². The van der Waals surface area contributed by atoms with Gasteiger partial charge in [0.05, 0.1) is 6.61 Å². The SMILES string of the molecule is O=C(NNCc1cc(F)ccc1F)[C@@]1(C/C=C/c2ccccc2)N=C(c2ccc(OCCCO)cc2)O[C@H]1c1ccccc1Br. The number of hydrogen-bond acceptors (Lipinski definition) is 6. The maximum absolute atomic E-state index is 14.3. The largest absolute Gasteiger partial charge is 0.494 e. The van der Waals surface area contributed by atoms with Crippen LogP contribution in [0.3, 0.4) is 0 Å². The Morgan fingerprint density at radius 3 is 2.53 bits per heavy atom. The van der Waals surface area contributed by atoms with Gasteiger partial charge in [0, 0.05) is 47.2 Å². The van der Waals surface area contributed by atoms with Gasteiger partial charge in [-0.25, -0.2) is 19.2 Å². The van der Waals surface area contributed by atoms with E-state index in [1.807, 2.05) is 66.7 Å². The second kappa shape index (κ2) is 15.1. The number of nitrogens with zero attached hydrogens (tertiary/aromatic N) is 1. The van der Waals surface area contributed by atoms with E-state index in [9.17, 15) is 13.6 Å². The number of aliphatic imine (C=N–C) groups is 1. The van der Waals surface area contributed by atoms with Crippen LogP contribution in [0.25, 0.3) is 6.08 Å². The van der Waals surface area contributed by atoms with Gasteiger partial charge in [-0.05, 0) is 54.1 Å². The third-order valence-corrected chi connectivity index (χ3v) is 7.97. The minimum atomic E-state index is -1.49. The summed E-state index contributed by atoms with van der Waals surface area (Å²) in [6.45, 7) is 0.259. The highest BCUT2D eigenvalue weighted by atomic mass is 79.9. The van der Waals surface area contributed by atoms with Gasteiger partial charge in [0.15, 0.2) is 11.6 Å². The summed E-state index contributed by atoms with van der Waals surface area (Å²) in [4.78, 5) is 19.2. The van der Waals surface area contributed by atoms with Crippen molar-refractivity contribution in [2.75, 3.05) is 13.2 Å². The van der Waals surface area contributed by atoms with E-state index in [0.717, 1.165) is 28.2 Å². The summed E-state index contributed by atoms with van der Waals surface area (Å²) >= 11 is 3.62. The maximum atomic E-state index is 14.3. The molecule has 0 saturated heterocycles. The Kier molecular flexibility index (Phi) is 10.7. The Morgan fingerprint density at radius 2 is 1.78 bits per heavy atom. The molecule has 4 aromatic rings. The first-order valence-corrected chi connectivity index (χ1v) is 15.2. The summed E-state index contributed by atoms with van der Waals surface area (Å²) in [5, 5.41) is 9.04. The lowest BCUT2D eigenvalue weighted by Gasteiger charge is -2.30. The zero-order valence-corrected chi connectivity index (χ0v) is 25.8. The molecule has 0 radical (unpaired) electrons. The van der Waals surface area contributed by atoms with Crippen LogP contribution < -0.4 is 15.6 Å². The molecule has 5 rings (SSSR count). The van der Waals surface area contributed by atoms with Gasteiger partial charge in [-0.15, -0.1) is 0 Å². The smallest absolute Gasteiger partial charge is 0.266 e. The Labute approximate surface area is 268 Å². The first-order valence-electron chi connectivity index (χ1n) is 14.4. The van der Waals surface area contributed by atoms with E-state index in [-0.39, 0.29) is 31.0 Å². The minimum absolute atomic E-state index is 0.0358. The van der Waals surface area contributed by atoms with Crippen molar-refractivity contribution in [2.24, 2.45) is 4.99 Å². The van der Waals surface area contributed by atoms with Crippen molar-refractivity contribution in [1.29, 1.82) is 0 Å². The monoisotopic (exact) mass is 675 g/mol. The molecular weight excluding hydrogens is 644 g/mol. The van der Waals surface area contributed by atoms with E-state index < -0.39 is 29.2 Å². The molecule has 0 unspecified atom stereocenters. The Hall–Kier alpha value is -4.38. The van der Waals surface area contributed by atoms with Crippen LogP contribution in [0.4, 0.5) is 8.78 Å². The standard InChI is InChI=1S/C35H32BrF2N3O4/c36-30-12-5-4-11-29(30)32-35(19-6-10-24-8-2-1-3-9-24,34(43)41-39-23-26-22-27(37)15-18-31(26)38)40-33(45-32)25-13-16-28(17-14-25)44-21-7-20-42/h1-6,8-18,22,32,39,42H,7,19-21,23H2,(H,41,43)/b10-6+/t32-,35-/m0/s1. The lowest BCUT2D eigenvalue weighted by atomic mass is 9.84. The summed E-state index contributed by atoms with van der Waals surface area (Å²) < 4.78 is 40.9. The summed E-state index contributed by atoms with van der Waals surface area (Å²) in [5.41, 5.74) is 6.30.